The van der Waals surface area contributed by atoms with E-state index in [0.29, 0.717) is 12.1 Å². The quantitative estimate of drug-likeness (QED) is 0.253. The van der Waals surface area contributed by atoms with Crippen molar-refractivity contribution in [2.24, 2.45) is 0 Å². The average Bonchev–Trinajstić information content (AvgIpc) is 3.41. The van der Waals surface area contributed by atoms with Crippen molar-refractivity contribution in [3.8, 4) is 0 Å². The molecule has 2 aromatic rings. The average molecular weight is 468 g/mol. The number of hydrogen-bond acceptors (Lipinski definition) is 6. The van der Waals surface area contributed by atoms with Gasteiger partial charge in [0.05, 0.1) is 28.3 Å². The molecule has 1 aromatic carbocycles. The predicted octanol–water partition coefficient (Wildman–Crippen LogP) is 5.88. The number of benzene rings is 1. The van der Waals surface area contributed by atoms with E-state index in [1.165, 1.54) is 12.8 Å². The molecule has 31 heavy (non-hydrogen) atoms. The van der Waals surface area contributed by atoms with Gasteiger partial charge in [0.1, 0.15) is 5.82 Å². The normalized spacial score (nSPS) is 23.3. The van der Waals surface area contributed by atoms with Gasteiger partial charge in [-0.25, -0.2) is 4.98 Å². The Balaban J connectivity index is 0.000000620. The Morgan fingerprint density at radius 3 is 2.10 bits per heavy atom. The lowest BCUT2D eigenvalue weighted by Crippen LogP contribution is -2.41. The van der Waals surface area contributed by atoms with Crippen LogP contribution in [0.4, 0.5) is 0 Å². The zero-order chi connectivity index (χ0) is 23.8. The van der Waals surface area contributed by atoms with Gasteiger partial charge >= 0.3 is 7.12 Å². The number of fused-ring (bicyclic) bond motifs is 1. The van der Waals surface area contributed by atoms with Crippen LogP contribution in [0.5, 0.6) is 0 Å². The van der Waals surface area contributed by atoms with E-state index in [4.69, 9.17) is 14.3 Å². The summed E-state index contributed by atoms with van der Waals surface area (Å²) in [6.45, 7) is 18.8. The molecule has 2 N–H and O–H groups in total. The van der Waals surface area contributed by atoms with Gasteiger partial charge in [-0.1, -0.05) is 40.2 Å². The van der Waals surface area contributed by atoms with Gasteiger partial charge in [-0.3, -0.25) is 0 Å². The van der Waals surface area contributed by atoms with E-state index in [1.807, 2.05) is 19.9 Å². The van der Waals surface area contributed by atoms with Crippen molar-refractivity contribution in [1.82, 2.24) is 15.3 Å². The highest BCUT2D eigenvalue weighted by atomic mass is 33.1. The second kappa shape index (κ2) is 12.5. The summed E-state index contributed by atoms with van der Waals surface area (Å²) in [5.41, 5.74) is 2.42. The van der Waals surface area contributed by atoms with E-state index in [1.54, 1.807) is 0 Å². The van der Waals surface area contributed by atoms with Gasteiger partial charge in [-0.15, -0.1) is 23.3 Å². The summed E-state index contributed by atoms with van der Waals surface area (Å²) >= 11 is 6.44. The maximum Gasteiger partial charge on any atom is 0.494 e. The number of nitrogens with one attached hydrogen (secondary N) is 2. The SMILES string of the molecule is CC.CC1CCC(c2nc3ccc(B4OC(C)(C)C(C)(C)O4)cc3[nH]2)N1.CCC.SS. The minimum Gasteiger partial charge on any atom is -0.399 e. The van der Waals surface area contributed by atoms with Crippen LogP contribution in [0, 0.1) is 0 Å². The monoisotopic (exact) mass is 467 g/mol. The van der Waals surface area contributed by atoms with E-state index in [-0.39, 0.29) is 18.3 Å². The number of aromatic nitrogens is 2. The number of hydrogen-bond donors (Lipinski definition) is 4. The van der Waals surface area contributed by atoms with Gasteiger partial charge < -0.3 is 19.6 Å². The molecule has 2 atom stereocenters. The largest absolute Gasteiger partial charge is 0.494 e. The molecule has 2 unspecified atom stereocenters. The topological polar surface area (TPSA) is 59.2 Å². The first kappa shape index (κ1) is 28.4. The molecule has 3 heterocycles. The molecular formula is C23H42BN3O2S2. The fraction of sp³-hybridized carbons (Fsp3) is 0.696. The van der Waals surface area contributed by atoms with Gasteiger partial charge in [0.2, 0.25) is 0 Å². The Bertz CT molecular complexity index is 782. The molecule has 0 bridgehead atoms. The molecule has 1 aromatic heterocycles. The van der Waals surface area contributed by atoms with Crippen molar-refractivity contribution in [3.63, 3.8) is 0 Å². The standard InChI is InChI=1S/C18H26BN3O2.C3H8.C2H6.H2S2/c1-11-6-8-14(20-11)16-21-13-9-7-12(10-15(13)22-16)19-23-17(2,3)18(4,5)24-19;1-3-2;2*1-2/h7,9-11,14,20H,6,8H2,1-5H3,(H,21,22);3H2,1-2H3;1-2H3;1-2H. The molecule has 0 amide bonds. The summed E-state index contributed by atoms with van der Waals surface area (Å²) < 4.78 is 12.3. The van der Waals surface area contributed by atoms with Crippen LogP contribution >= 0.6 is 23.3 Å². The molecule has 0 aliphatic carbocycles. The van der Waals surface area contributed by atoms with Gasteiger partial charge in [0, 0.05) is 6.04 Å². The van der Waals surface area contributed by atoms with Crippen molar-refractivity contribution in [2.75, 3.05) is 0 Å². The third-order valence-electron chi connectivity index (χ3n) is 5.75. The third kappa shape index (κ3) is 6.91. The van der Waals surface area contributed by atoms with Crippen LogP contribution in [0.2, 0.25) is 0 Å². The Morgan fingerprint density at radius 1 is 1.06 bits per heavy atom. The second-order valence-electron chi connectivity index (χ2n) is 8.89. The molecule has 8 heteroatoms. The Morgan fingerprint density at radius 2 is 1.61 bits per heavy atom. The summed E-state index contributed by atoms with van der Waals surface area (Å²) in [5, 5.41) is 3.58. The molecule has 0 spiro atoms. The van der Waals surface area contributed by atoms with Crippen molar-refractivity contribution in [1.29, 1.82) is 0 Å². The molecule has 0 saturated carbocycles. The minimum atomic E-state index is -0.337. The number of nitrogens with zero attached hydrogens (tertiary/aromatic N) is 1. The van der Waals surface area contributed by atoms with Crippen LogP contribution in [0.1, 0.15) is 93.4 Å². The smallest absolute Gasteiger partial charge is 0.399 e. The first-order valence-electron chi connectivity index (χ1n) is 11.5. The predicted molar refractivity (Wildman–Crippen MR) is 142 cm³/mol. The van der Waals surface area contributed by atoms with Gasteiger partial charge in [-0.2, -0.15) is 0 Å². The molecule has 5 nitrogen and oxygen atoms in total. The number of imidazole rings is 1. The zero-order valence-electron chi connectivity index (χ0n) is 20.7. The van der Waals surface area contributed by atoms with Crippen molar-refractivity contribution >= 4 is 46.9 Å². The minimum absolute atomic E-state index is 0.324. The van der Waals surface area contributed by atoms with E-state index < -0.39 is 0 Å². The highest BCUT2D eigenvalue weighted by Crippen LogP contribution is 2.36. The lowest BCUT2D eigenvalue weighted by atomic mass is 9.79. The molecule has 4 rings (SSSR count). The van der Waals surface area contributed by atoms with Gasteiger partial charge in [0.15, 0.2) is 0 Å². The first-order chi connectivity index (χ1) is 14.7. The number of thiol groups is 2. The maximum atomic E-state index is 6.15. The molecule has 2 aliphatic rings. The number of aromatic amines is 1. The van der Waals surface area contributed by atoms with Crippen LogP contribution in [0.25, 0.3) is 11.0 Å². The van der Waals surface area contributed by atoms with Crippen molar-refractivity contribution < 1.29 is 9.31 Å². The Hall–Kier alpha value is -0.665. The first-order valence-corrected chi connectivity index (χ1v) is 13.1. The van der Waals surface area contributed by atoms with Crippen LogP contribution < -0.4 is 10.8 Å². The number of rotatable bonds is 2. The lowest BCUT2D eigenvalue weighted by Gasteiger charge is -2.32. The number of H-pyrrole nitrogens is 1. The molecule has 2 saturated heterocycles. The highest BCUT2D eigenvalue weighted by Gasteiger charge is 2.51. The lowest BCUT2D eigenvalue weighted by molar-refractivity contribution is 0.00578. The fourth-order valence-corrected chi connectivity index (χ4v) is 3.48. The van der Waals surface area contributed by atoms with Crippen molar-refractivity contribution in [2.45, 2.75) is 105 Å². The summed E-state index contributed by atoms with van der Waals surface area (Å²) in [6.07, 6.45) is 3.58. The summed E-state index contributed by atoms with van der Waals surface area (Å²) in [6, 6.07) is 7.09. The van der Waals surface area contributed by atoms with Crippen molar-refractivity contribution in [3.05, 3.63) is 24.0 Å². The van der Waals surface area contributed by atoms with Crippen LogP contribution in [0.15, 0.2) is 18.2 Å². The van der Waals surface area contributed by atoms with E-state index in [2.05, 4.69) is 94.2 Å². The van der Waals surface area contributed by atoms with Gasteiger partial charge in [-0.05, 0) is 65.1 Å². The zero-order valence-corrected chi connectivity index (χ0v) is 22.5. The third-order valence-corrected chi connectivity index (χ3v) is 5.75. The Kier molecular flexibility index (Phi) is 11.5. The Labute approximate surface area is 200 Å². The van der Waals surface area contributed by atoms with E-state index >= 15 is 0 Å². The highest BCUT2D eigenvalue weighted by molar-refractivity contribution is 8.59. The molecular weight excluding hydrogens is 425 g/mol. The molecule has 2 fully saturated rings. The summed E-state index contributed by atoms with van der Waals surface area (Å²) in [4.78, 5) is 8.23. The second-order valence-corrected chi connectivity index (χ2v) is 8.89. The van der Waals surface area contributed by atoms with E-state index in [0.717, 1.165) is 28.7 Å². The van der Waals surface area contributed by atoms with Crippen LogP contribution in [-0.4, -0.2) is 34.3 Å². The van der Waals surface area contributed by atoms with Gasteiger partial charge in [0.25, 0.3) is 0 Å². The van der Waals surface area contributed by atoms with E-state index in [9.17, 15) is 0 Å². The van der Waals surface area contributed by atoms with Crippen LogP contribution in [-0.2, 0) is 9.31 Å². The maximum absolute atomic E-state index is 6.15. The molecule has 2 aliphatic heterocycles. The van der Waals surface area contributed by atoms with Crippen LogP contribution in [0.3, 0.4) is 0 Å². The fourth-order valence-electron chi connectivity index (χ4n) is 3.48. The summed E-state index contributed by atoms with van der Waals surface area (Å²) in [7, 11) is -0.337. The summed E-state index contributed by atoms with van der Waals surface area (Å²) in [5.74, 6) is 1.03. The molecule has 0 radical (unpaired) electrons. The molecule has 176 valence electrons.